The zero-order valence-corrected chi connectivity index (χ0v) is 8.97. The van der Waals surface area contributed by atoms with Crippen LogP contribution in [0.25, 0.3) is 0 Å². The predicted octanol–water partition coefficient (Wildman–Crippen LogP) is 0.820. The standard InChI is InChI=1S/C12H16O3/c1-7-9(13)4-3-8-5-10(14)11(15)6-12(7,8)2/h3-5,7,10-11,14-15H,6H2,1-2H3/t7-,10+,11+,12-/m1/s1. The lowest BCUT2D eigenvalue weighted by molar-refractivity contribution is -0.122. The van der Waals surface area contributed by atoms with Crippen LogP contribution < -0.4 is 0 Å². The van der Waals surface area contributed by atoms with Crippen molar-refractivity contribution in [3.8, 4) is 0 Å². The van der Waals surface area contributed by atoms with Crippen molar-refractivity contribution in [3.63, 3.8) is 0 Å². The number of carbonyl (C=O) groups excluding carboxylic acids is 1. The van der Waals surface area contributed by atoms with E-state index in [9.17, 15) is 15.0 Å². The Kier molecular flexibility index (Phi) is 2.32. The van der Waals surface area contributed by atoms with Gasteiger partial charge in [0.05, 0.1) is 12.2 Å². The van der Waals surface area contributed by atoms with Gasteiger partial charge in [0, 0.05) is 11.3 Å². The fraction of sp³-hybridized carbons (Fsp3) is 0.583. The normalized spacial score (nSPS) is 44.9. The molecule has 0 saturated carbocycles. The summed E-state index contributed by atoms with van der Waals surface area (Å²) in [6.07, 6.45) is 3.85. The number of hydrogen-bond donors (Lipinski definition) is 2. The molecule has 2 N–H and O–H groups in total. The number of aliphatic hydroxyl groups excluding tert-OH is 2. The van der Waals surface area contributed by atoms with Gasteiger partial charge in [-0.15, -0.1) is 0 Å². The van der Waals surface area contributed by atoms with Crippen LogP contribution in [0.3, 0.4) is 0 Å². The Morgan fingerprint density at radius 2 is 2.07 bits per heavy atom. The summed E-state index contributed by atoms with van der Waals surface area (Å²) < 4.78 is 0. The maximum atomic E-state index is 11.6. The number of carbonyl (C=O) groups is 1. The van der Waals surface area contributed by atoms with E-state index >= 15 is 0 Å². The Labute approximate surface area is 89.1 Å². The van der Waals surface area contributed by atoms with Gasteiger partial charge in [-0.25, -0.2) is 0 Å². The summed E-state index contributed by atoms with van der Waals surface area (Å²) >= 11 is 0. The second-order valence-electron chi connectivity index (χ2n) is 4.76. The van der Waals surface area contributed by atoms with Crippen molar-refractivity contribution in [2.24, 2.45) is 11.3 Å². The average Bonchev–Trinajstić information content (AvgIpc) is 2.18. The van der Waals surface area contributed by atoms with Crippen LogP contribution in [0.5, 0.6) is 0 Å². The van der Waals surface area contributed by atoms with E-state index in [1.54, 1.807) is 18.2 Å². The van der Waals surface area contributed by atoms with Gasteiger partial charge >= 0.3 is 0 Å². The van der Waals surface area contributed by atoms with Crippen LogP contribution in [0.15, 0.2) is 23.8 Å². The molecule has 0 bridgehead atoms. The van der Waals surface area contributed by atoms with Gasteiger partial charge in [0.1, 0.15) is 0 Å². The lowest BCUT2D eigenvalue weighted by Crippen LogP contribution is -2.44. The number of ketones is 1. The average molecular weight is 208 g/mol. The monoisotopic (exact) mass is 208 g/mol. The molecule has 0 fully saturated rings. The van der Waals surface area contributed by atoms with Crippen LogP contribution in [0.1, 0.15) is 20.3 Å². The van der Waals surface area contributed by atoms with Crippen molar-refractivity contribution >= 4 is 5.78 Å². The van der Waals surface area contributed by atoms with Gasteiger partial charge in [-0.1, -0.05) is 19.9 Å². The molecule has 2 rings (SSSR count). The molecule has 3 heteroatoms. The number of rotatable bonds is 0. The second kappa shape index (κ2) is 3.29. The third-order valence-electron chi connectivity index (χ3n) is 3.85. The number of allylic oxidation sites excluding steroid dienone is 3. The SMILES string of the molecule is C[C@@H]1C(=O)C=CC2=C[C@H](O)[C@@H](O)C[C@@]21C. The number of hydrogen-bond acceptors (Lipinski definition) is 3. The first-order valence-corrected chi connectivity index (χ1v) is 5.25. The molecule has 0 aromatic heterocycles. The quantitative estimate of drug-likeness (QED) is 0.619. The van der Waals surface area contributed by atoms with E-state index < -0.39 is 12.2 Å². The summed E-state index contributed by atoms with van der Waals surface area (Å²) in [5.41, 5.74) is 0.636. The first kappa shape index (κ1) is 10.6. The topological polar surface area (TPSA) is 57.5 Å². The van der Waals surface area contributed by atoms with Crippen molar-refractivity contribution < 1.29 is 15.0 Å². The summed E-state index contributed by atoms with van der Waals surface area (Å²) in [5.74, 6) is -0.0332. The Morgan fingerprint density at radius 3 is 2.73 bits per heavy atom. The lowest BCUT2D eigenvalue weighted by atomic mass is 9.61. The Hall–Kier alpha value is -0.930. The van der Waals surface area contributed by atoms with E-state index in [2.05, 4.69) is 0 Å². The molecule has 2 aliphatic carbocycles. The number of aliphatic hydroxyl groups is 2. The van der Waals surface area contributed by atoms with Crippen molar-refractivity contribution in [2.45, 2.75) is 32.5 Å². The zero-order chi connectivity index (χ0) is 11.2. The molecular weight excluding hydrogens is 192 g/mol. The minimum absolute atomic E-state index is 0.0956. The molecule has 0 heterocycles. The van der Waals surface area contributed by atoms with Crippen molar-refractivity contribution in [1.82, 2.24) is 0 Å². The van der Waals surface area contributed by atoms with Crippen LogP contribution in [0, 0.1) is 11.3 Å². The van der Waals surface area contributed by atoms with Gasteiger partial charge in [0.15, 0.2) is 5.78 Å². The van der Waals surface area contributed by atoms with Crippen LogP contribution >= 0.6 is 0 Å². The summed E-state index contributed by atoms with van der Waals surface area (Å²) in [6, 6.07) is 0. The van der Waals surface area contributed by atoms with Gasteiger partial charge in [-0.05, 0) is 24.1 Å². The second-order valence-corrected chi connectivity index (χ2v) is 4.76. The van der Waals surface area contributed by atoms with E-state index in [0.29, 0.717) is 6.42 Å². The van der Waals surface area contributed by atoms with E-state index in [0.717, 1.165) is 5.57 Å². The molecule has 0 aliphatic heterocycles. The minimum atomic E-state index is -0.807. The summed E-state index contributed by atoms with van der Waals surface area (Å²) in [7, 11) is 0. The molecule has 0 amide bonds. The molecule has 2 aliphatic rings. The lowest BCUT2D eigenvalue weighted by Gasteiger charge is -2.43. The third kappa shape index (κ3) is 1.46. The van der Waals surface area contributed by atoms with Crippen molar-refractivity contribution in [1.29, 1.82) is 0 Å². The molecule has 0 radical (unpaired) electrons. The van der Waals surface area contributed by atoms with E-state index in [1.807, 2.05) is 13.8 Å². The van der Waals surface area contributed by atoms with Crippen LogP contribution in [-0.2, 0) is 4.79 Å². The molecule has 4 atom stereocenters. The first-order chi connectivity index (χ1) is 6.95. The largest absolute Gasteiger partial charge is 0.390 e. The molecule has 3 nitrogen and oxygen atoms in total. The highest BCUT2D eigenvalue weighted by Gasteiger charge is 2.44. The Morgan fingerprint density at radius 1 is 1.40 bits per heavy atom. The van der Waals surface area contributed by atoms with Crippen LogP contribution in [0.4, 0.5) is 0 Å². The Balaban J connectivity index is 2.47. The summed E-state index contributed by atoms with van der Waals surface area (Å²) in [6.45, 7) is 3.85. The molecule has 0 spiro atoms. The molecule has 15 heavy (non-hydrogen) atoms. The van der Waals surface area contributed by atoms with Crippen LogP contribution in [0.2, 0.25) is 0 Å². The predicted molar refractivity (Wildman–Crippen MR) is 56.1 cm³/mol. The van der Waals surface area contributed by atoms with Gasteiger partial charge in [0.2, 0.25) is 0 Å². The maximum Gasteiger partial charge on any atom is 0.159 e. The fourth-order valence-electron chi connectivity index (χ4n) is 2.46. The minimum Gasteiger partial charge on any atom is -0.390 e. The molecule has 0 unspecified atom stereocenters. The highest BCUT2D eigenvalue weighted by molar-refractivity contribution is 5.94. The summed E-state index contributed by atoms with van der Waals surface area (Å²) in [5, 5.41) is 19.2. The van der Waals surface area contributed by atoms with E-state index in [1.165, 1.54) is 0 Å². The fourth-order valence-corrected chi connectivity index (χ4v) is 2.46. The van der Waals surface area contributed by atoms with Crippen LogP contribution in [-0.4, -0.2) is 28.2 Å². The van der Waals surface area contributed by atoms with Gasteiger partial charge < -0.3 is 10.2 Å². The molecule has 82 valence electrons. The smallest absolute Gasteiger partial charge is 0.159 e. The molecule has 0 aromatic rings. The van der Waals surface area contributed by atoms with Crippen molar-refractivity contribution in [3.05, 3.63) is 23.8 Å². The van der Waals surface area contributed by atoms with Gasteiger partial charge in [0.25, 0.3) is 0 Å². The van der Waals surface area contributed by atoms with Gasteiger partial charge in [-0.3, -0.25) is 4.79 Å². The molecular formula is C12H16O3. The third-order valence-corrected chi connectivity index (χ3v) is 3.85. The summed E-state index contributed by atoms with van der Waals surface area (Å²) in [4.78, 5) is 11.6. The Bertz CT molecular complexity index is 356. The zero-order valence-electron chi connectivity index (χ0n) is 8.97. The van der Waals surface area contributed by atoms with E-state index in [4.69, 9.17) is 0 Å². The molecule has 0 saturated heterocycles. The highest BCUT2D eigenvalue weighted by Crippen LogP contribution is 2.46. The molecule has 0 aromatic carbocycles. The maximum absolute atomic E-state index is 11.6. The number of fused-ring (bicyclic) bond motifs is 1. The van der Waals surface area contributed by atoms with Gasteiger partial charge in [-0.2, -0.15) is 0 Å². The first-order valence-electron chi connectivity index (χ1n) is 5.25. The van der Waals surface area contributed by atoms with E-state index in [-0.39, 0.29) is 17.1 Å². The highest BCUT2D eigenvalue weighted by atomic mass is 16.3. The van der Waals surface area contributed by atoms with Crippen molar-refractivity contribution in [2.75, 3.05) is 0 Å².